The third-order valence-corrected chi connectivity index (χ3v) is 3.43. The first-order valence-electron chi connectivity index (χ1n) is 7.27. The summed E-state index contributed by atoms with van der Waals surface area (Å²) in [5.74, 6) is 0.0815. The van der Waals surface area contributed by atoms with Gasteiger partial charge in [0.2, 0.25) is 0 Å². The first-order chi connectivity index (χ1) is 11.7. The van der Waals surface area contributed by atoms with Gasteiger partial charge in [0, 0.05) is 5.56 Å². The van der Waals surface area contributed by atoms with Crippen LogP contribution in [0.25, 0.3) is 0 Å². The van der Waals surface area contributed by atoms with Crippen molar-refractivity contribution in [3.8, 4) is 17.6 Å². The number of esters is 1. The largest absolute Gasteiger partial charge is 0.486 e. The maximum atomic E-state index is 12.2. The summed E-state index contributed by atoms with van der Waals surface area (Å²) in [6.45, 7) is 0.504. The molecule has 0 unspecified atom stereocenters. The van der Waals surface area contributed by atoms with Gasteiger partial charge >= 0.3 is 5.97 Å². The second-order valence-electron chi connectivity index (χ2n) is 5.05. The van der Waals surface area contributed by atoms with Crippen molar-refractivity contribution in [2.45, 2.75) is 0 Å². The van der Waals surface area contributed by atoms with Crippen molar-refractivity contribution in [3.63, 3.8) is 0 Å². The first-order valence-corrected chi connectivity index (χ1v) is 7.27. The van der Waals surface area contributed by atoms with E-state index in [4.69, 9.17) is 19.5 Å². The summed E-state index contributed by atoms with van der Waals surface area (Å²) in [7, 11) is 0. The lowest BCUT2D eigenvalue weighted by Gasteiger charge is -2.18. The van der Waals surface area contributed by atoms with Crippen molar-refractivity contribution in [1.29, 1.82) is 5.26 Å². The molecule has 0 aliphatic carbocycles. The van der Waals surface area contributed by atoms with E-state index in [0.717, 1.165) is 0 Å². The molecule has 24 heavy (non-hydrogen) atoms. The van der Waals surface area contributed by atoms with Crippen LogP contribution < -0.4 is 9.47 Å². The van der Waals surface area contributed by atoms with Crippen molar-refractivity contribution in [3.05, 3.63) is 59.2 Å². The van der Waals surface area contributed by atoms with E-state index in [9.17, 15) is 9.59 Å². The average Bonchev–Trinajstić information content (AvgIpc) is 2.65. The Bertz CT molecular complexity index is 838. The van der Waals surface area contributed by atoms with E-state index in [-0.39, 0.29) is 11.3 Å². The van der Waals surface area contributed by atoms with Gasteiger partial charge in [-0.15, -0.1) is 0 Å². The summed E-state index contributed by atoms with van der Waals surface area (Å²) in [5.41, 5.74) is 0.949. The zero-order valence-electron chi connectivity index (χ0n) is 12.7. The predicted molar refractivity (Wildman–Crippen MR) is 83.2 cm³/mol. The number of benzene rings is 2. The van der Waals surface area contributed by atoms with Gasteiger partial charge in [-0.05, 0) is 36.4 Å². The van der Waals surface area contributed by atoms with Crippen molar-refractivity contribution in [2.24, 2.45) is 0 Å². The minimum Gasteiger partial charge on any atom is -0.486 e. The second-order valence-corrected chi connectivity index (χ2v) is 5.05. The van der Waals surface area contributed by atoms with Gasteiger partial charge in [-0.2, -0.15) is 5.26 Å². The van der Waals surface area contributed by atoms with Crippen LogP contribution in [0.1, 0.15) is 26.3 Å². The highest BCUT2D eigenvalue weighted by atomic mass is 16.6. The van der Waals surface area contributed by atoms with Crippen LogP contribution >= 0.6 is 0 Å². The van der Waals surface area contributed by atoms with Crippen LogP contribution in [-0.4, -0.2) is 31.6 Å². The zero-order chi connectivity index (χ0) is 16.9. The minimum absolute atomic E-state index is 0.226. The van der Waals surface area contributed by atoms with Gasteiger partial charge in [0.1, 0.15) is 13.2 Å². The molecule has 0 atom stereocenters. The van der Waals surface area contributed by atoms with Gasteiger partial charge in [-0.1, -0.05) is 6.07 Å². The fraction of sp³-hybridized carbons (Fsp3) is 0.167. The van der Waals surface area contributed by atoms with E-state index in [1.54, 1.807) is 30.3 Å². The summed E-state index contributed by atoms with van der Waals surface area (Å²) < 4.78 is 15.8. The molecule has 0 aromatic heterocycles. The lowest BCUT2D eigenvalue weighted by molar-refractivity contribution is 0.0474. The molecule has 6 heteroatoms. The monoisotopic (exact) mass is 323 g/mol. The molecular weight excluding hydrogens is 310 g/mol. The molecule has 0 fully saturated rings. The molecule has 1 aliphatic rings. The molecule has 0 saturated heterocycles. The van der Waals surface area contributed by atoms with Gasteiger partial charge < -0.3 is 14.2 Å². The molecule has 2 aromatic carbocycles. The topological polar surface area (TPSA) is 85.6 Å². The maximum Gasteiger partial charge on any atom is 0.338 e. The van der Waals surface area contributed by atoms with Gasteiger partial charge in [0.25, 0.3) is 0 Å². The molecular formula is C18H13NO5. The highest BCUT2D eigenvalue weighted by Crippen LogP contribution is 2.30. The predicted octanol–water partition coefficient (Wildman–Crippen LogP) is 2.37. The Morgan fingerprint density at radius 1 is 1.04 bits per heavy atom. The number of ether oxygens (including phenoxy) is 3. The number of hydrogen-bond acceptors (Lipinski definition) is 6. The fourth-order valence-electron chi connectivity index (χ4n) is 2.23. The second kappa shape index (κ2) is 6.84. The van der Waals surface area contributed by atoms with E-state index in [0.29, 0.717) is 35.8 Å². The van der Waals surface area contributed by atoms with E-state index in [1.165, 1.54) is 12.1 Å². The average molecular weight is 323 g/mol. The summed E-state index contributed by atoms with van der Waals surface area (Å²) in [4.78, 5) is 24.1. The molecule has 6 nitrogen and oxygen atoms in total. The van der Waals surface area contributed by atoms with Crippen LogP contribution in [0.2, 0.25) is 0 Å². The van der Waals surface area contributed by atoms with E-state index < -0.39 is 12.6 Å². The molecule has 0 spiro atoms. The normalized spacial score (nSPS) is 12.1. The highest BCUT2D eigenvalue weighted by Gasteiger charge is 2.16. The Morgan fingerprint density at radius 3 is 2.62 bits per heavy atom. The third-order valence-electron chi connectivity index (χ3n) is 3.43. The Morgan fingerprint density at radius 2 is 1.83 bits per heavy atom. The highest BCUT2D eigenvalue weighted by molar-refractivity contribution is 5.99. The Labute approximate surface area is 138 Å². The quantitative estimate of drug-likeness (QED) is 0.634. The van der Waals surface area contributed by atoms with Crippen LogP contribution in [0.15, 0.2) is 42.5 Å². The number of nitrogens with zero attached hydrogens (tertiary/aromatic N) is 1. The summed E-state index contributed by atoms with van der Waals surface area (Å²) in [6.07, 6.45) is 0. The molecule has 3 rings (SSSR count). The lowest BCUT2D eigenvalue weighted by Crippen LogP contribution is -2.17. The van der Waals surface area contributed by atoms with Gasteiger partial charge in [0.15, 0.2) is 23.9 Å². The van der Waals surface area contributed by atoms with E-state index >= 15 is 0 Å². The molecule has 0 N–H and O–H groups in total. The molecule has 0 bridgehead atoms. The lowest BCUT2D eigenvalue weighted by atomic mass is 10.1. The minimum atomic E-state index is -0.655. The zero-order valence-corrected chi connectivity index (χ0v) is 12.7. The van der Waals surface area contributed by atoms with Gasteiger partial charge in [-0.25, -0.2) is 4.79 Å². The molecule has 0 amide bonds. The van der Waals surface area contributed by atoms with E-state index in [2.05, 4.69) is 0 Å². The van der Waals surface area contributed by atoms with Crippen LogP contribution in [-0.2, 0) is 4.74 Å². The Hall–Kier alpha value is -3.33. The van der Waals surface area contributed by atoms with Gasteiger partial charge in [-0.3, -0.25) is 4.79 Å². The van der Waals surface area contributed by atoms with Crippen LogP contribution in [0, 0.1) is 11.3 Å². The number of carbonyl (C=O) groups is 2. The molecule has 1 heterocycles. The SMILES string of the molecule is N#Cc1cccc(C(=O)OCC(=O)c2ccc3c(c2)OCCO3)c1. The maximum absolute atomic E-state index is 12.2. The summed E-state index contributed by atoms with van der Waals surface area (Å²) in [6, 6.07) is 12.9. The number of hydrogen-bond donors (Lipinski definition) is 0. The summed E-state index contributed by atoms with van der Waals surface area (Å²) in [5, 5.41) is 8.83. The molecule has 120 valence electrons. The van der Waals surface area contributed by atoms with Gasteiger partial charge in [0.05, 0.1) is 17.2 Å². The van der Waals surface area contributed by atoms with Crippen LogP contribution in [0.5, 0.6) is 11.5 Å². The number of ketones is 1. The number of Topliss-reactive ketones (excluding diaryl/α,β-unsaturated/α-hetero) is 1. The number of fused-ring (bicyclic) bond motifs is 1. The fourth-order valence-corrected chi connectivity index (χ4v) is 2.23. The standard InChI is InChI=1S/C18H13NO5/c19-10-12-2-1-3-14(8-12)18(21)24-11-15(20)13-4-5-16-17(9-13)23-7-6-22-16/h1-5,8-9H,6-7,11H2. The number of carbonyl (C=O) groups excluding carboxylic acids is 2. The molecule has 0 saturated carbocycles. The number of rotatable bonds is 4. The van der Waals surface area contributed by atoms with Crippen LogP contribution in [0.4, 0.5) is 0 Å². The first kappa shape index (κ1) is 15.6. The Kier molecular flexibility index (Phi) is 4.43. The van der Waals surface area contributed by atoms with Crippen molar-refractivity contribution < 1.29 is 23.8 Å². The molecule has 2 aromatic rings. The van der Waals surface area contributed by atoms with E-state index in [1.807, 2.05) is 6.07 Å². The third kappa shape index (κ3) is 3.36. The smallest absolute Gasteiger partial charge is 0.338 e. The van der Waals surface area contributed by atoms with Crippen molar-refractivity contribution in [2.75, 3.05) is 19.8 Å². The molecule has 0 radical (unpaired) electrons. The van der Waals surface area contributed by atoms with Crippen LogP contribution in [0.3, 0.4) is 0 Å². The number of nitriles is 1. The van der Waals surface area contributed by atoms with Crippen molar-refractivity contribution in [1.82, 2.24) is 0 Å². The summed E-state index contributed by atoms with van der Waals surface area (Å²) >= 11 is 0. The Balaban J connectivity index is 1.65. The molecule has 1 aliphatic heterocycles. The van der Waals surface area contributed by atoms with Crippen molar-refractivity contribution >= 4 is 11.8 Å².